The van der Waals surface area contributed by atoms with Crippen molar-refractivity contribution < 1.29 is 9.53 Å². The largest absolute Gasteiger partial charge is 0.496 e. The number of para-hydroxylation sites is 1. The molecule has 21 heavy (non-hydrogen) atoms. The maximum atomic E-state index is 12.6. The van der Waals surface area contributed by atoms with Crippen LogP contribution >= 0.6 is 0 Å². The molecule has 1 aliphatic heterocycles. The third-order valence-electron chi connectivity index (χ3n) is 4.62. The van der Waals surface area contributed by atoms with Gasteiger partial charge in [0.1, 0.15) is 5.75 Å². The molecule has 1 unspecified atom stereocenters. The van der Waals surface area contributed by atoms with Gasteiger partial charge in [0.25, 0.3) is 0 Å². The molecule has 0 aliphatic carbocycles. The van der Waals surface area contributed by atoms with E-state index in [0.29, 0.717) is 12.5 Å². The number of amides is 1. The normalized spacial score (nSPS) is 21.5. The third-order valence-corrected chi connectivity index (χ3v) is 4.62. The third kappa shape index (κ3) is 3.38. The van der Waals surface area contributed by atoms with Crippen LogP contribution in [0.25, 0.3) is 0 Å². The van der Waals surface area contributed by atoms with E-state index in [4.69, 9.17) is 4.74 Å². The summed E-state index contributed by atoms with van der Waals surface area (Å²) in [6.07, 6.45) is 1.71. The molecule has 1 atom stereocenters. The van der Waals surface area contributed by atoms with Gasteiger partial charge in [-0.3, -0.25) is 4.79 Å². The first-order chi connectivity index (χ1) is 10.1. The van der Waals surface area contributed by atoms with Gasteiger partial charge in [0, 0.05) is 13.1 Å². The summed E-state index contributed by atoms with van der Waals surface area (Å²) in [5.41, 5.74) is 0.879. The second-order valence-corrected chi connectivity index (χ2v) is 6.06. The fourth-order valence-electron chi connectivity index (χ4n) is 3.06. The summed E-state index contributed by atoms with van der Waals surface area (Å²) in [5.74, 6) is 1.41. The maximum Gasteiger partial charge on any atom is 0.227 e. The van der Waals surface area contributed by atoms with Crippen LogP contribution in [0.2, 0.25) is 0 Å². The number of hydrogen-bond donors (Lipinski definition) is 2. The van der Waals surface area contributed by atoms with Crippen molar-refractivity contribution in [2.75, 3.05) is 26.7 Å². The lowest BCUT2D eigenvalue weighted by molar-refractivity contribution is -0.132. The number of hydrogen-bond acceptors (Lipinski definition) is 3. The van der Waals surface area contributed by atoms with Crippen molar-refractivity contribution in [1.82, 2.24) is 10.6 Å². The molecule has 1 saturated heterocycles. The van der Waals surface area contributed by atoms with Crippen LogP contribution in [0.5, 0.6) is 5.75 Å². The zero-order valence-electron chi connectivity index (χ0n) is 13.2. The van der Waals surface area contributed by atoms with Crippen LogP contribution < -0.4 is 15.4 Å². The highest BCUT2D eigenvalue weighted by Gasteiger charge is 2.43. The van der Waals surface area contributed by atoms with Crippen LogP contribution in [0.1, 0.15) is 25.8 Å². The van der Waals surface area contributed by atoms with Crippen LogP contribution in [-0.2, 0) is 11.2 Å². The van der Waals surface area contributed by atoms with E-state index >= 15 is 0 Å². The Bertz CT molecular complexity index is 479. The standard InChI is InChI=1S/C17H26N2O2/c1-13(2)17(9-11-18-12-17)16(20)19-10-8-14-6-4-5-7-15(14)21-3/h4-7,13,18H,8-12H2,1-3H3,(H,19,20). The molecule has 2 rings (SSSR count). The van der Waals surface area contributed by atoms with Crippen LogP contribution in [0.3, 0.4) is 0 Å². The van der Waals surface area contributed by atoms with E-state index in [1.54, 1.807) is 7.11 Å². The van der Waals surface area contributed by atoms with Gasteiger partial charge in [-0.15, -0.1) is 0 Å². The van der Waals surface area contributed by atoms with Gasteiger partial charge in [0.2, 0.25) is 5.91 Å². The van der Waals surface area contributed by atoms with Crippen molar-refractivity contribution in [3.8, 4) is 5.75 Å². The van der Waals surface area contributed by atoms with Crippen LogP contribution in [-0.4, -0.2) is 32.7 Å². The summed E-state index contributed by atoms with van der Waals surface area (Å²) >= 11 is 0. The van der Waals surface area contributed by atoms with Crippen LogP contribution in [0.4, 0.5) is 0 Å². The molecule has 1 aliphatic rings. The van der Waals surface area contributed by atoms with Crippen molar-refractivity contribution in [2.24, 2.45) is 11.3 Å². The molecule has 1 heterocycles. The Hall–Kier alpha value is -1.55. The molecule has 1 aromatic rings. The van der Waals surface area contributed by atoms with E-state index in [2.05, 4.69) is 24.5 Å². The molecule has 4 heteroatoms. The molecule has 4 nitrogen and oxygen atoms in total. The Morgan fingerprint density at radius 1 is 1.43 bits per heavy atom. The van der Waals surface area contributed by atoms with Gasteiger partial charge in [0.05, 0.1) is 12.5 Å². The smallest absolute Gasteiger partial charge is 0.227 e. The molecule has 0 spiro atoms. The van der Waals surface area contributed by atoms with Gasteiger partial charge >= 0.3 is 0 Å². The Morgan fingerprint density at radius 2 is 2.19 bits per heavy atom. The number of rotatable bonds is 6. The van der Waals surface area contributed by atoms with Crippen molar-refractivity contribution in [3.63, 3.8) is 0 Å². The lowest BCUT2D eigenvalue weighted by Gasteiger charge is -2.31. The van der Waals surface area contributed by atoms with Crippen molar-refractivity contribution in [1.29, 1.82) is 0 Å². The predicted molar refractivity (Wildman–Crippen MR) is 84.5 cm³/mol. The molecule has 1 fully saturated rings. The highest BCUT2D eigenvalue weighted by Crippen LogP contribution is 2.34. The highest BCUT2D eigenvalue weighted by atomic mass is 16.5. The van der Waals surface area contributed by atoms with Gasteiger partial charge in [-0.25, -0.2) is 0 Å². The minimum Gasteiger partial charge on any atom is -0.496 e. The summed E-state index contributed by atoms with van der Waals surface area (Å²) in [7, 11) is 1.68. The monoisotopic (exact) mass is 290 g/mol. The lowest BCUT2D eigenvalue weighted by atomic mass is 9.75. The van der Waals surface area contributed by atoms with Gasteiger partial charge < -0.3 is 15.4 Å². The van der Waals surface area contributed by atoms with Crippen LogP contribution in [0, 0.1) is 11.3 Å². The molecule has 116 valence electrons. The second kappa shape index (κ2) is 6.94. The molecule has 2 N–H and O–H groups in total. The molecule has 0 bridgehead atoms. The highest BCUT2D eigenvalue weighted by molar-refractivity contribution is 5.83. The first-order valence-electron chi connectivity index (χ1n) is 7.71. The van der Waals surface area contributed by atoms with Crippen molar-refractivity contribution >= 4 is 5.91 Å². The van der Waals surface area contributed by atoms with E-state index in [-0.39, 0.29) is 11.3 Å². The Kier molecular flexibility index (Phi) is 5.23. The number of nitrogens with one attached hydrogen (secondary N) is 2. The molecular formula is C17H26N2O2. The fourth-order valence-corrected chi connectivity index (χ4v) is 3.06. The average molecular weight is 290 g/mol. The van der Waals surface area contributed by atoms with Gasteiger partial charge in [0.15, 0.2) is 0 Å². The summed E-state index contributed by atoms with van der Waals surface area (Å²) in [6, 6.07) is 7.95. The fraction of sp³-hybridized carbons (Fsp3) is 0.588. The van der Waals surface area contributed by atoms with Crippen LogP contribution in [0.15, 0.2) is 24.3 Å². The topological polar surface area (TPSA) is 50.4 Å². The number of benzene rings is 1. The molecule has 0 saturated carbocycles. The molecule has 0 radical (unpaired) electrons. The zero-order chi connectivity index (χ0) is 15.3. The van der Waals surface area contributed by atoms with E-state index < -0.39 is 0 Å². The second-order valence-electron chi connectivity index (χ2n) is 6.06. The zero-order valence-corrected chi connectivity index (χ0v) is 13.2. The first-order valence-corrected chi connectivity index (χ1v) is 7.71. The minimum atomic E-state index is -0.249. The number of ether oxygens (including phenoxy) is 1. The minimum absolute atomic E-state index is 0.178. The number of methoxy groups -OCH3 is 1. The summed E-state index contributed by atoms with van der Waals surface area (Å²) in [4.78, 5) is 12.6. The van der Waals surface area contributed by atoms with E-state index in [1.165, 1.54) is 0 Å². The Labute approximate surface area is 127 Å². The van der Waals surface area contributed by atoms with E-state index in [0.717, 1.165) is 37.2 Å². The lowest BCUT2D eigenvalue weighted by Crippen LogP contribution is -2.46. The van der Waals surface area contributed by atoms with E-state index in [9.17, 15) is 4.79 Å². The Balaban J connectivity index is 1.92. The Morgan fingerprint density at radius 3 is 2.81 bits per heavy atom. The van der Waals surface area contributed by atoms with Gasteiger partial charge in [-0.1, -0.05) is 32.0 Å². The molecule has 0 aromatic heterocycles. The average Bonchev–Trinajstić information content (AvgIpc) is 2.98. The van der Waals surface area contributed by atoms with Gasteiger partial charge in [-0.2, -0.15) is 0 Å². The summed E-state index contributed by atoms with van der Waals surface area (Å²) < 4.78 is 5.34. The molecular weight excluding hydrogens is 264 g/mol. The number of carbonyl (C=O) groups excluding carboxylic acids is 1. The van der Waals surface area contributed by atoms with E-state index in [1.807, 2.05) is 24.3 Å². The number of carbonyl (C=O) groups is 1. The predicted octanol–water partition coefficient (Wildman–Crippen LogP) is 1.99. The molecule has 1 amide bonds. The maximum absolute atomic E-state index is 12.6. The molecule has 1 aromatic carbocycles. The summed E-state index contributed by atoms with van der Waals surface area (Å²) in [5, 5.41) is 6.43. The van der Waals surface area contributed by atoms with Crippen molar-refractivity contribution in [3.05, 3.63) is 29.8 Å². The SMILES string of the molecule is COc1ccccc1CCNC(=O)C1(C(C)C)CCNC1. The quantitative estimate of drug-likeness (QED) is 0.842. The first kappa shape index (κ1) is 15.8. The van der Waals surface area contributed by atoms with Crippen molar-refractivity contribution in [2.45, 2.75) is 26.7 Å². The summed E-state index contributed by atoms with van der Waals surface area (Å²) in [6.45, 7) is 6.62. The van der Waals surface area contributed by atoms with Gasteiger partial charge in [-0.05, 0) is 36.9 Å².